The van der Waals surface area contributed by atoms with Gasteiger partial charge in [0.1, 0.15) is 12.4 Å². The molecule has 1 saturated heterocycles. The van der Waals surface area contributed by atoms with Crippen LogP contribution in [0.2, 0.25) is 0 Å². The SMILES string of the molecule is CC(N)C1CCCN(C(=O)C2CC2c2ccc(OCc3ccccc3)cc2)C1. The highest BCUT2D eigenvalue weighted by atomic mass is 16.5. The molecule has 4 unspecified atom stereocenters. The molecule has 0 bridgehead atoms. The number of hydrogen-bond acceptors (Lipinski definition) is 3. The van der Waals surface area contributed by atoms with Gasteiger partial charge >= 0.3 is 0 Å². The van der Waals surface area contributed by atoms with Crippen molar-refractivity contribution in [2.75, 3.05) is 13.1 Å². The topological polar surface area (TPSA) is 55.6 Å². The van der Waals surface area contributed by atoms with E-state index in [0.29, 0.717) is 24.3 Å². The number of amides is 1. The Hall–Kier alpha value is -2.33. The first-order valence-electron chi connectivity index (χ1n) is 10.4. The van der Waals surface area contributed by atoms with E-state index in [2.05, 4.69) is 36.1 Å². The van der Waals surface area contributed by atoms with Crippen LogP contribution in [-0.2, 0) is 11.4 Å². The van der Waals surface area contributed by atoms with E-state index in [0.717, 1.165) is 43.7 Å². The standard InChI is InChI=1S/C24H30N2O2/c1-17(25)20-8-5-13-26(15-20)24(27)23-14-22(23)19-9-11-21(12-10-19)28-16-18-6-3-2-4-7-18/h2-4,6-7,9-12,17,20,22-23H,5,8,13-16,25H2,1H3. The van der Waals surface area contributed by atoms with Crippen molar-refractivity contribution in [3.63, 3.8) is 0 Å². The Bertz CT molecular complexity index is 788. The smallest absolute Gasteiger partial charge is 0.226 e. The maximum absolute atomic E-state index is 12.9. The predicted octanol–water partition coefficient (Wildman–Crippen LogP) is 3.95. The van der Waals surface area contributed by atoms with Gasteiger partial charge in [0, 0.05) is 25.0 Å². The number of nitrogens with two attached hydrogens (primary N) is 1. The summed E-state index contributed by atoms with van der Waals surface area (Å²) < 4.78 is 5.86. The van der Waals surface area contributed by atoms with Crippen molar-refractivity contribution in [2.24, 2.45) is 17.6 Å². The predicted molar refractivity (Wildman–Crippen MR) is 111 cm³/mol. The van der Waals surface area contributed by atoms with Crippen molar-refractivity contribution < 1.29 is 9.53 Å². The van der Waals surface area contributed by atoms with Crippen LogP contribution in [0.15, 0.2) is 54.6 Å². The summed E-state index contributed by atoms with van der Waals surface area (Å²) in [6.45, 7) is 4.34. The van der Waals surface area contributed by atoms with E-state index in [1.54, 1.807) is 0 Å². The van der Waals surface area contributed by atoms with E-state index >= 15 is 0 Å². The molecule has 28 heavy (non-hydrogen) atoms. The Kier molecular flexibility index (Phi) is 5.67. The van der Waals surface area contributed by atoms with Crippen LogP contribution in [0.5, 0.6) is 5.75 Å². The number of rotatable bonds is 6. The molecule has 2 fully saturated rings. The number of hydrogen-bond donors (Lipinski definition) is 1. The van der Waals surface area contributed by atoms with E-state index in [4.69, 9.17) is 10.5 Å². The molecule has 2 aromatic carbocycles. The average molecular weight is 379 g/mol. The molecule has 4 nitrogen and oxygen atoms in total. The summed E-state index contributed by atoms with van der Waals surface area (Å²) in [4.78, 5) is 15.0. The Morgan fingerprint density at radius 1 is 1.18 bits per heavy atom. The van der Waals surface area contributed by atoms with Gasteiger partial charge in [0.05, 0.1) is 0 Å². The third-order valence-electron chi connectivity index (χ3n) is 6.18. The fourth-order valence-electron chi connectivity index (χ4n) is 4.26. The molecular weight excluding hydrogens is 348 g/mol. The minimum atomic E-state index is 0.142. The Balaban J connectivity index is 1.30. The largest absolute Gasteiger partial charge is 0.489 e. The molecule has 2 aromatic rings. The minimum absolute atomic E-state index is 0.142. The lowest BCUT2D eigenvalue weighted by Crippen LogP contribution is -2.45. The quantitative estimate of drug-likeness (QED) is 0.828. The maximum atomic E-state index is 12.9. The molecule has 1 saturated carbocycles. The van der Waals surface area contributed by atoms with E-state index < -0.39 is 0 Å². The van der Waals surface area contributed by atoms with E-state index in [1.165, 1.54) is 5.56 Å². The molecule has 1 heterocycles. The maximum Gasteiger partial charge on any atom is 0.226 e. The summed E-state index contributed by atoms with van der Waals surface area (Å²) >= 11 is 0. The van der Waals surface area contributed by atoms with Crippen molar-refractivity contribution in [1.82, 2.24) is 4.90 Å². The van der Waals surface area contributed by atoms with Crippen molar-refractivity contribution in [3.8, 4) is 5.75 Å². The first kappa shape index (κ1) is 19.0. The molecule has 1 aliphatic carbocycles. The monoisotopic (exact) mass is 378 g/mol. The van der Waals surface area contributed by atoms with Crippen molar-refractivity contribution in [1.29, 1.82) is 0 Å². The van der Waals surface area contributed by atoms with Gasteiger partial charge < -0.3 is 15.4 Å². The molecule has 0 radical (unpaired) electrons. The van der Waals surface area contributed by atoms with Gasteiger partial charge in [-0.3, -0.25) is 4.79 Å². The second-order valence-corrected chi connectivity index (χ2v) is 8.34. The molecule has 2 N–H and O–H groups in total. The van der Waals surface area contributed by atoms with Gasteiger partial charge in [-0.05, 0) is 61.3 Å². The number of carbonyl (C=O) groups is 1. The molecular formula is C24H30N2O2. The second kappa shape index (κ2) is 8.36. The molecule has 0 spiro atoms. The van der Waals surface area contributed by atoms with Gasteiger partial charge in [-0.15, -0.1) is 0 Å². The summed E-state index contributed by atoms with van der Waals surface area (Å²) in [7, 11) is 0. The summed E-state index contributed by atoms with van der Waals surface area (Å²) in [6, 6.07) is 18.6. The van der Waals surface area contributed by atoms with Crippen LogP contribution in [0.25, 0.3) is 0 Å². The highest BCUT2D eigenvalue weighted by Gasteiger charge is 2.46. The summed E-state index contributed by atoms with van der Waals surface area (Å²) in [6.07, 6.45) is 3.17. The average Bonchev–Trinajstić information content (AvgIpc) is 3.54. The Morgan fingerprint density at radius 2 is 1.93 bits per heavy atom. The fraction of sp³-hybridized carbons (Fsp3) is 0.458. The number of nitrogens with zero attached hydrogens (tertiary/aromatic N) is 1. The van der Waals surface area contributed by atoms with Crippen LogP contribution in [0.1, 0.15) is 43.2 Å². The van der Waals surface area contributed by atoms with Gasteiger partial charge in [-0.2, -0.15) is 0 Å². The van der Waals surface area contributed by atoms with Crippen LogP contribution in [0, 0.1) is 11.8 Å². The highest BCUT2D eigenvalue weighted by molar-refractivity contribution is 5.83. The van der Waals surface area contributed by atoms with Gasteiger partial charge in [-0.25, -0.2) is 0 Å². The number of piperidine rings is 1. The van der Waals surface area contributed by atoms with E-state index in [-0.39, 0.29) is 12.0 Å². The van der Waals surface area contributed by atoms with Crippen molar-refractivity contribution in [3.05, 3.63) is 65.7 Å². The molecule has 0 aromatic heterocycles. The molecule has 148 valence electrons. The van der Waals surface area contributed by atoms with Gasteiger partial charge in [0.2, 0.25) is 5.91 Å². The molecule has 2 aliphatic rings. The zero-order chi connectivity index (χ0) is 19.5. The first-order valence-corrected chi connectivity index (χ1v) is 10.4. The van der Waals surface area contributed by atoms with Gasteiger partial charge in [0.25, 0.3) is 0 Å². The van der Waals surface area contributed by atoms with E-state index in [1.807, 2.05) is 30.3 Å². The third kappa shape index (κ3) is 4.39. The number of benzene rings is 2. The normalized spacial score (nSPS) is 25.2. The Labute approximate surface area is 167 Å². The lowest BCUT2D eigenvalue weighted by atomic mass is 9.92. The van der Waals surface area contributed by atoms with Crippen LogP contribution < -0.4 is 10.5 Å². The van der Waals surface area contributed by atoms with Crippen LogP contribution in [0.4, 0.5) is 0 Å². The summed E-state index contributed by atoms with van der Waals surface area (Å²) in [5.41, 5.74) is 8.47. The third-order valence-corrected chi connectivity index (χ3v) is 6.18. The fourth-order valence-corrected chi connectivity index (χ4v) is 4.26. The molecule has 1 aliphatic heterocycles. The first-order chi connectivity index (χ1) is 13.6. The lowest BCUT2D eigenvalue weighted by molar-refractivity contribution is -0.134. The second-order valence-electron chi connectivity index (χ2n) is 8.34. The Morgan fingerprint density at radius 3 is 2.64 bits per heavy atom. The van der Waals surface area contributed by atoms with Gasteiger partial charge in [0.15, 0.2) is 0 Å². The number of ether oxygens (including phenoxy) is 1. The van der Waals surface area contributed by atoms with Crippen molar-refractivity contribution >= 4 is 5.91 Å². The minimum Gasteiger partial charge on any atom is -0.489 e. The molecule has 4 rings (SSSR count). The van der Waals surface area contributed by atoms with Gasteiger partial charge in [-0.1, -0.05) is 42.5 Å². The summed E-state index contributed by atoms with van der Waals surface area (Å²) in [5, 5.41) is 0. The van der Waals surface area contributed by atoms with E-state index in [9.17, 15) is 4.79 Å². The number of carbonyl (C=O) groups excluding carboxylic acids is 1. The van der Waals surface area contributed by atoms with Crippen LogP contribution >= 0.6 is 0 Å². The molecule has 4 heteroatoms. The van der Waals surface area contributed by atoms with Crippen LogP contribution in [-0.4, -0.2) is 29.9 Å². The molecule has 1 amide bonds. The molecule has 4 atom stereocenters. The summed E-state index contributed by atoms with van der Waals surface area (Å²) in [5.74, 6) is 2.12. The zero-order valence-electron chi connectivity index (χ0n) is 16.6. The number of likely N-dealkylation sites (tertiary alicyclic amines) is 1. The zero-order valence-corrected chi connectivity index (χ0v) is 16.6. The van der Waals surface area contributed by atoms with Crippen molar-refractivity contribution in [2.45, 2.75) is 44.8 Å². The van der Waals surface area contributed by atoms with Crippen LogP contribution in [0.3, 0.4) is 0 Å². The highest BCUT2D eigenvalue weighted by Crippen LogP contribution is 2.49. The lowest BCUT2D eigenvalue weighted by Gasteiger charge is -2.34.